The van der Waals surface area contributed by atoms with E-state index in [2.05, 4.69) is 4.74 Å². The summed E-state index contributed by atoms with van der Waals surface area (Å²) in [6, 6.07) is 6.96. The van der Waals surface area contributed by atoms with Crippen molar-refractivity contribution in [1.82, 2.24) is 0 Å². The molecular formula is C10H12O4. The Bertz CT molecular complexity index is 291. The zero-order valence-electron chi connectivity index (χ0n) is 8.15. The van der Waals surface area contributed by atoms with Gasteiger partial charge in [-0.2, -0.15) is 0 Å². The van der Waals surface area contributed by atoms with Gasteiger partial charge in [-0.25, -0.2) is 4.79 Å². The molecule has 0 radical (unpaired) electrons. The Morgan fingerprint density at radius 2 is 1.71 bits per heavy atom. The van der Waals surface area contributed by atoms with Crippen molar-refractivity contribution in [2.45, 2.75) is 0 Å². The molecule has 76 valence electrons. The third-order valence-electron chi connectivity index (χ3n) is 1.64. The second-order valence-corrected chi connectivity index (χ2v) is 2.54. The van der Waals surface area contributed by atoms with Crippen LogP contribution < -0.4 is 9.47 Å². The van der Waals surface area contributed by atoms with Crippen LogP contribution in [0.4, 0.5) is 0 Å². The van der Waals surface area contributed by atoms with E-state index in [0.717, 1.165) is 5.75 Å². The first-order valence-electron chi connectivity index (χ1n) is 4.10. The van der Waals surface area contributed by atoms with Gasteiger partial charge in [-0.15, -0.1) is 0 Å². The Morgan fingerprint density at radius 1 is 1.14 bits per heavy atom. The van der Waals surface area contributed by atoms with Crippen LogP contribution in [0.1, 0.15) is 0 Å². The first-order valence-corrected chi connectivity index (χ1v) is 4.10. The zero-order valence-corrected chi connectivity index (χ0v) is 8.15. The highest BCUT2D eigenvalue weighted by Gasteiger charge is 2.01. The number of methoxy groups -OCH3 is 2. The van der Waals surface area contributed by atoms with Gasteiger partial charge in [0.05, 0.1) is 14.2 Å². The Labute approximate surface area is 82.4 Å². The third kappa shape index (κ3) is 2.97. The summed E-state index contributed by atoms with van der Waals surface area (Å²) < 4.78 is 14.5. The van der Waals surface area contributed by atoms with E-state index in [1.54, 1.807) is 31.4 Å². The van der Waals surface area contributed by atoms with Gasteiger partial charge >= 0.3 is 5.97 Å². The molecule has 0 bridgehead atoms. The predicted octanol–water partition coefficient (Wildman–Crippen LogP) is 1.25. The van der Waals surface area contributed by atoms with Crippen LogP contribution in [-0.2, 0) is 9.53 Å². The molecule has 0 unspecified atom stereocenters. The minimum absolute atomic E-state index is 0.0805. The highest BCUT2D eigenvalue weighted by molar-refractivity contribution is 5.70. The smallest absolute Gasteiger partial charge is 0.343 e. The molecule has 0 aliphatic rings. The first kappa shape index (κ1) is 10.4. The second kappa shape index (κ2) is 5.11. The van der Waals surface area contributed by atoms with Gasteiger partial charge in [0.15, 0.2) is 6.61 Å². The molecule has 0 aliphatic carbocycles. The Kier molecular flexibility index (Phi) is 3.79. The monoisotopic (exact) mass is 196 g/mol. The fraction of sp³-hybridized carbons (Fsp3) is 0.300. The van der Waals surface area contributed by atoms with Crippen molar-refractivity contribution in [2.24, 2.45) is 0 Å². The van der Waals surface area contributed by atoms with E-state index in [1.165, 1.54) is 7.11 Å². The summed E-state index contributed by atoms with van der Waals surface area (Å²) in [5.74, 6) is 0.951. The summed E-state index contributed by atoms with van der Waals surface area (Å²) in [6.45, 7) is -0.0805. The molecule has 0 amide bonds. The largest absolute Gasteiger partial charge is 0.497 e. The molecule has 1 aromatic carbocycles. The van der Waals surface area contributed by atoms with Crippen LogP contribution in [0.25, 0.3) is 0 Å². The average molecular weight is 196 g/mol. The van der Waals surface area contributed by atoms with Crippen LogP contribution in [0, 0.1) is 0 Å². The molecule has 1 rings (SSSR count). The highest BCUT2D eigenvalue weighted by Crippen LogP contribution is 2.16. The standard InChI is InChI=1S/C10H12O4/c1-12-8-3-5-9(6-4-8)14-7-10(11)13-2/h3-6H,7H2,1-2H3. The maximum Gasteiger partial charge on any atom is 0.343 e. The van der Waals surface area contributed by atoms with E-state index in [1.807, 2.05) is 0 Å². The third-order valence-corrected chi connectivity index (χ3v) is 1.64. The van der Waals surface area contributed by atoms with Gasteiger partial charge in [-0.1, -0.05) is 0 Å². The Morgan fingerprint density at radius 3 is 2.21 bits per heavy atom. The lowest BCUT2D eigenvalue weighted by atomic mass is 10.3. The lowest BCUT2D eigenvalue weighted by molar-refractivity contribution is -0.142. The zero-order chi connectivity index (χ0) is 10.4. The molecule has 0 heterocycles. The Hall–Kier alpha value is -1.71. The lowest BCUT2D eigenvalue weighted by Gasteiger charge is -2.05. The Balaban J connectivity index is 2.47. The summed E-state index contributed by atoms with van der Waals surface area (Å²) in [5.41, 5.74) is 0. The molecule has 0 saturated heterocycles. The van der Waals surface area contributed by atoms with Gasteiger partial charge in [0.1, 0.15) is 11.5 Å². The number of benzene rings is 1. The quantitative estimate of drug-likeness (QED) is 0.680. The van der Waals surface area contributed by atoms with E-state index in [4.69, 9.17) is 9.47 Å². The SMILES string of the molecule is COC(=O)COc1ccc(OC)cc1. The van der Waals surface area contributed by atoms with Gasteiger partial charge in [-0.05, 0) is 24.3 Å². The van der Waals surface area contributed by atoms with Crippen molar-refractivity contribution in [1.29, 1.82) is 0 Å². The van der Waals surface area contributed by atoms with Gasteiger partial charge in [0.25, 0.3) is 0 Å². The maximum absolute atomic E-state index is 10.7. The number of hydrogen-bond donors (Lipinski definition) is 0. The van der Waals surface area contributed by atoms with Crippen LogP contribution >= 0.6 is 0 Å². The van der Waals surface area contributed by atoms with Crippen LogP contribution in [-0.4, -0.2) is 26.8 Å². The molecule has 0 spiro atoms. The highest BCUT2D eigenvalue weighted by atomic mass is 16.6. The normalized spacial score (nSPS) is 9.29. The number of carbonyl (C=O) groups is 1. The molecule has 1 aromatic rings. The minimum atomic E-state index is -0.402. The van der Waals surface area contributed by atoms with E-state index in [9.17, 15) is 4.79 Å². The van der Waals surface area contributed by atoms with Gasteiger partial charge in [0.2, 0.25) is 0 Å². The molecule has 0 atom stereocenters. The van der Waals surface area contributed by atoms with Crippen LogP contribution in [0.2, 0.25) is 0 Å². The van der Waals surface area contributed by atoms with Crippen LogP contribution in [0.5, 0.6) is 11.5 Å². The second-order valence-electron chi connectivity index (χ2n) is 2.54. The lowest BCUT2D eigenvalue weighted by Crippen LogP contribution is -2.12. The molecule has 0 saturated carbocycles. The van der Waals surface area contributed by atoms with Crippen molar-refractivity contribution in [3.63, 3.8) is 0 Å². The molecule has 0 aromatic heterocycles. The minimum Gasteiger partial charge on any atom is -0.497 e. The number of ether oxygens (including phenoxy) is 3. The fourth-order valence-corrected chi connectivity index (χ4v) is 0.873. The fourth-order valence-electron chi connectivity index (χ4n) is 0.873. The van der Waals surface area contributed by atoms with Gasteiger partial charge in [-0.3, -0.25) is 0 Å². The molecule has 4 nitrogen and oxygen atoms in total. The van der Waals surface area contributed by atoms with Crippen LogP contribution in [0.3, 0.4) is 0 Å². The summed E-state index contributed by atoms with van der Waals surface area (Å²) in [5, 5.41) is 0. The number of esters is 1. The molecule has 0 aliphatic heterocycles. The molecular weight excluding hydrogens is 184 g/mol. The van der Waals surface area contributed by atoms with Crippen molar-refractivity contribution in [3.8, 4) is 11.5 Å². The molecule has 4 heteroatoms. The van der Waals surface area contributed by atoms with Crippen molar-refractivity contribution >= 4 is 5.97 Å². The van der Waals surface area contributed by atoms with Gasteiger partial charge < -0.3 is 14.2 Å². The van der Waals surface area contributed by atoms with E-state index in [-0.39, 0.29) is 6.61 Å². The van der Waals surface area contributed by atoms with Gasteiger partial charge in [0, 0.05) is 0 Å². The van der Waals surface area contributed by atoms with E-state index >= 15 is 0 Å². The predicted molar refractivity (Wildman–Crippen MR) is 50.5 cm³/mol. The van der Waals surface area contributed by atoms with Crippen molar-refractivity contribution in [3.05, 3.63) is 24.3 Å². The average Bonchev–Trinajstić information content (AvgIpc) is 2.26. The first-order chi connectivity index (χ1) is 6.76. The maximum atomic E-state index is 10.7. The molecule has 0 fully saturated rings. The van der Waals surface area contributed by atoms with E-state index in [0.29, 0.717) is 5.75 Å². The van der Waals surface area contributed by atoms with Crippen molar-refractivity contribution < 1.29 is 19.0 Å². The summed E-state index contributed by atoms with van der Waals surface area (Å²) in [7, 11) is 2.91. The molecule has 0 N–H and O–H groups in total. The summed E-state index contributed by atoms with van der Waals surface area (Å²) >= 11 is 0. The van der Waals surface area contributed by atoms with Crippen LogP contribution in [0.15, 0.2) is 24.3 Å². The number of rotatable bonds is 4. The number of carbonyl (C=O) groups excluding carboxylic acids is 1. The topological polar surface area (TPSA) is 44.8 Å². The summed E-state index contributed by atoms with van der Waals surface area (Å²) in [6.07, 6.45) is 0. The summed E-state index contributed by atoms with van der Waals surface area (Å²) in [4.78, 5) is 10.7. The number of hydrogen-bond acceptors (Lipinski definition) is 4. The van der Waals surface area contributed by atoms with E-state index < -0.39 is 5.97 Å². The molecule has 14 heavy (non-hydrogen) atoms. The van der Waals surface area contributed by atoms with Crippen molar-refractivity contribution in [2.75, 3.05) is 20.8 Å².